The van der Waals surface area contributed by atoms with Crippen LogP contribution in [0.5, 0.6) is 0 Å². The summed E-state index contributed by atoms with van der Waals surface area (Å²) in [6.45, 7) is 6.52. The molecule has 1 aromatic rings. The lowest BCUT2D eigenvalue weighted by Gasteiger charge is -2.32. The first-order valence-corrected chi connectivity index (χ1v) is 7.30. The van der Waals surface area contributed by atoms with E-state index in [9.17, 15) is 0 Å². The van der Waals surface area contributed by atoms with Gasteiger partial charge in [-0.05, 0) is 49.7 Å². The van der Waals surface area contributed by atoms with E-state index in [4.69, 9.17) is 5.73 Å². The highest BCUT2D eigenvalue weighted by Gasteiger charge is 2.27. The van der Waals surface area contributed by atoms with Gasteiger partial charge in [-0.3, -0.25) is 4.98 Å². The molecule has 2 rings (SSSR count). The molecule has 0 spiro atoms. The van der Waals surface area contributed by atoms with Crippen LogP contribution in [-0.4, -0.2) is 4.98 Å². The third-order valence-corrected chi connectivity index (χ3v) is 4.55. The molecule has 0 aliphatic heterocycles. The molecule has 1 aromatic heterocycles. The number of nitrogens with zero attached hydrogens (tertiary/aromatic N) is 1. The molecule has 2 heteroatoms. The molecule has 1 aliphatic rings. The summed E-state index contributed by atoms with van der Waals surface area (Å²) in [7, 11) is 0. The van der Waals surface area contributed by atoms with Crippen LogP contribution in [0.2, 0.25) is 0 Å². The molecule has 1 heterocycles. The Morgan fingerprint density at radius 1 is 1.28 bits per heavy atom. The fraction of sp³-hybridized carbons (Fsp3) is 0.688. The minimum absolute atomic E-state index is 0.128. The number of hydrogen-bond donors (Lipinski definition) is 1. The molecular formula is C16H26N2. The molecule has 18 heavy (non-hydrogen) atoms. The first-order chi connectivity index (χ1) is 8.61. The van der Waals surface area contributed by atoms with Gasteiger partial charge in [-0.25, -0.2) is 0 Å². The van der Waals surface area contributed by atoms with Gasteiger partial charge < -0.3 is 5.73 Å². The molecule has 2 nitrogen and oxygen atoms in total. The quantitative estimate of drug-likeness (QED) is 0.878. The second-order valence-electron chi connectivity index (χ2n) is 5.93. The average molecular weight is 246 g/mol. The Hall–Kier alpha value is -0.890. The molecule has 100 valence electrons. The first kappa shape index (κ1) is 13.5. The van der Waals surface area contributed by atoms with Crippen molar-refractivity contribution in [3.8, 4) is 0 Å². The summed E-state index contributed by atoms with van der Waals surface area (Å²) in [5.74, 6) is 1.56. The molecule has 1 saturated carbocycles. The molecule has 0 saturated heterocycles. The van der Waals surface area contributed by atoms with E-state index in [0.29, 0.717) is 5.92 Å². The van der Waals surface area contributed by atoms with Crippen LogP contribution in [0.4, 0.5) is 0 Å². The van der Waals surface area contributed by atoms with Gasteiger partial charge in [0.05, 0.1) is 11.7 Å². The van der Waals surface area contributed by atoms with E-state index in [2.05, 4.69) is 31.8 Å². The van der Waals surface area contributed by atoms with Crippen LogP contribution in [0.1, 0.15) is 61.9 Å². The summed E-state index contributed by atoms with van der Waals surface area (Å²) in [4.78, 5) is 4.57. The fourth-order valence-corrected chi connectivity index (χ4v) is 3.25. The summed E-state index contributed by atoms with van der Waals surface area (Å²) in [6, 6.07) is 2.32. The topological polar surface area (TPSA) is 38.9 Å². The van der Waals surface area contributed by atoms with Crippen LogP contribution in [-0.2, 0) is 0 Å². The Morgan fingerprint density at radius 3 is 2.50 bits per heavy atom. The first-order valence-electron chi connectivity index (χ1n) is 7.30. The van der Waals surface area contributed by atoms with Crippen LogP contribution in [0.25, 0.3) is 0 Å². The predicted octanol–water partition coefficient (Wildman–Crippen LogP) is 3.91. The monoisotopic (exact) mass is 246 g/mol. The van der Waals surface area contributed by atoms with Crippen LogP contribution < -0.4 is 5.73 Å². The predicted molar refractivity (Wildman–Crippen MR) is 76.4 cm³/mol. The van der Waals surface area contributed by atoms with Gasteiger partial charge in [0.15, 0.2) is 0 Å². The van der Waals surface area contributed by atoms with Gasteiger partial charge in [-0.15, -0.1) is 0 Å². The van der Waals surface area contributed by atoms with E-state index in [1.807, 2.05) is 6.20 Å². The van der Waals surface area contributed by atoms with E-state index in [0.717, 1.165) is 11.6 Å². The molecular weight excluding hydrogens is 220 g/mol. The average Bonchev–Trinajstić information content (AvgIpc) is 2.38. The summed E-state index contributed by atoms with van der Waals surface area (Å²) >= 11 is 0. The third kappa shape index (κ3) is 2.92. The van der Waals surface area contributed by atoms with Crippen LogP contribution in [0.15, 0.2) is 12.3 Å². The Labute approximate surface area is 111 Å². The van der Waals surface area contributed by atoms with E-state index in [1.165, 1.54) is 43.2 Å². The number of hydrogen-bond acceptors (Lipinski definition) is 2. The Morgan fingerprint density at radius 2 is 1.94 bits per heavy atom. The van der Waals surface area contributed by atoms with Crippen LogP contribution in [0, 0.1) is 25.7 Å². The highest BCUT2D eigenvalue weighted by atomic mass is 14.8. The van der Waals surface area contributed by atoms with E-state index in [-0.39, 0.29) is 6.04 Å². The number of aromatic nitrogens is 1. The molecule has 1 unspecified atom stereocenters. The van der Waals surface area contributed by atoms with Crippen LogP contribution >= 0.6 is 0 Å². The number of nitrogens with two attached hydrogens (primary N) is 1. The maximum Gasteiger partial charge on any atom is 0.0603 e. The van der Waals surface area contributed by atoms with Crippen molar-refractivity contribution in [2.45, 2.75) is 58.9 Å². The molecule has 0 radical (unpaired) electrons. The minimum atomic E-state index is 0.128. The molecule has 1 atom stereocenters. The Kier molecular flexibility index (Phi) is 4.39. The Balaban J connectivity index is 2.05. The highest BCUT2D eigenvalue weighted by Crippen LogP contribution is 2.36. The zero-order valence-corrected chi connectivity index (χ0v) is 11.9. The largest absolute Gasteiger partial charge is 0.322 e. The van der Waals surface area contributed by atoms with Crippen molar-refractivity contribution in [1.82, 2.24) is 4.98 Å². The lowest BCUT2D eigenvalue weighted by atomic mass is 9.76. The van der Waals surface area contributed by atoms with Crippen LogP contribution in [0.3, 0.4) is 0 Å². The second-order valence-corrected chi connectivity index (χ2v) is 5.93. The highest BCUT2D eigenvalue weighted by molar-refractivity contribution is 5.25. The van der Waals surface area contributed by atoms with E-state index >= 15 is 0 Å². The van der Waals surface area contributed by atoms with Crippen molar-refractivity contribution >= 4 is 0 Å². The van der Waals surface area contributed by atoms with Crippen molar-refractivity contribution in [2.75, 3.05) is 0 Å². The van der Waals surface area contributed by atoms with Crippen molar-refractivity contribution in [3.63, 3.8) is 0 Å². The zero-order valence-electron chi connectivity index (χ0n) is 11.9. The van der Waals surface area contributed by atoms with Gasteiger partial charge in [0.25, 0.3) is 0 Å². The van der Waals surface area contributed by atoms with Gasteiger partial charge in [0, 0.05) is 6.20 Å². The molecule has 0 aromatic carbocycles. The van der Waals surface area contributed by atoms with Gasteiger partial charge in [-0.2, -0.15) is 0 Å². The number of pyridine rings is 1. The van der Waals surface area contributed by atoms with Crippen molar-refractivity contribution in [2.24, 2.45) is 17.6 Å². The summed E-state index contributed by atoms with van der Waals surface area (Å²) in [5, 5.41) is 0. The normalized spacial score (nSPS) is 26.0. The summed E-state index contributed by atoms with van der Waals surface area (Å²) in [6.07, 6.45) is 8.51. The molecule has 2 N–H and O–H groups in total. The lowest BCUT2D eigenvalue weighted by molar-refractivity contribution is 0.237. The van der Waals surface area contributed by atoms with Gasteiger partial charge in [0.2, 0.25) is 0 Å². The van der Waals surface area contributed by atoms with Crippen molar-refractivity contribution in [3.05, 3.63) is 29.1 Å². The summed E-state index contributed by atoms with van der Waals surface area (Å²) in [5.41, 5.74) is 10.0. The number of rotatable bonds is 3. The zero-order chi connectivity index (χ0) is 13.1. The van der Waals surface area contributed by atoms with E-state index < -0.39 is 0 Å². The summed E-state index contributed by atoms with van der Waals surface area (Å²) < 4.78 is 0. The smallest absolute Gasteiger partial charge is 0.0603 e. The standard InChI is InChI=1S/C16H26N2/c1-4-13-5-7-14(8-6-13)15(17)16-12(3)9-11(2)10-18-16/h9-10,13-15H,4-8,17H2,1-3H3. The minimum Gasteiger partial charge on any atom is -0.322 e. The van der Waals surface area contributed by atoms with Crippen molar-refractivity contribution in [1.29, 1.82) is 0 Å². The SMILES string of the molecule is CCC1CCC(C(N)c2ncc(C)cc2C)CC1. The van der Waals surface area contributed by atoms with Gasteiger partial charge in [-0.1, -0.05) is 32.3 Å². The van der Waals surface area contributed by atoms with Crippen molar-refractivity contribution < 1.29 is 0 Å². The maximum absolute atomic E-state index is 6.45. The molecule has 1 aliphatic carbocycles. The Bertz CT molecular complexity index is 392. The molecule has 0 amide bonds. The second kappa shape index (κ2) is 5.83. The molecule has 1 fully saturated rings. The number of aryl methyl sites for hydroxylation is 2. The third-order valence-electron chi connectivity index (χ3n) is 4.55. The molecule has 0 bridgehead atoms. The van der Waals surface area contributed by atoms with E-state index in [1.54, 1.807) is 0 Å². The lowest BCUT2D eigenvalue weighted by Crippen LogP contribution is -2.27. The maximum atomic E-state index is 6.45. The fourth-order valence-electron chi connectivity index (χ4n) is 3.25. The van der Waals surface area contributed by atoms with Gasteiger partial charge >= 0.3 is 0 Å². The van der Waals surface area contributed by atoms with Gasteiger partial charge in [0.1, 0.15) is 0 Å².